The first-order chi connectivity index (χ1) is 8.66. The Morgan fingerprint density at radius 1 is 1.33 bits per heavy atom. The minimum atomic E-state index is 0.213. The molecular formula is C11H13N7. The first kappa shape index (κ1) is 10.7. The number of nitrogens with zero attached hydrogens (tertiary/aromatic N) is 5. The number of nitrogens with two attached hydrogens (primary N) is 1. The molecule has 7 heteroatoms. The van der Waals surface area contributed by atoms with E-state index in [0.717, 1.165) is 16.9 Å². The zero-order chi connectivity index (χ0) is 12.7. The van der Waals surface area contributed by atoms with Crippen LogP contribution >= 0.6 is 0 Å². The molecule has 0 saturated carbocycles. The maximum Gasteiger partial charge on any atom is 0.239 e. The van der Waals surface area contributed by atoms with Gasteiger partial charge in [-0.05, 0) is 19.9 Å². The van der Waals surface area contributed by atoms with Gasteiger partial charge in [-0.3, -0.25) is 10.1 Å². The molecule has 18 heavy (non-hydrogen) atoms. The maximum absolute atomic E-state index is 5.53. The molecule has 0 bridgehead atoms. The van der Waals surface area contributed by atoms with E-state index in [9.17, 15) is 0 Å². The predicted octanol–water partition coefficient (Wildman–Crippen LogP) is 1.38. The molecule has 0 atom stereocenters. The van der Waals surface area contributed by atoms with Gasteiger partial charge in [0.15, 0.2) is 11.6 Å². The monoisotopic (exact) mass is 243 g/mol. The molecule has 0 unspecified atom stereocenters. The number of hydrogen-bond acceptors (Lipinski definition) is 5. The third-order valence-corrected chi connectivity index (χ3v) is 2.72. The van der Waals surface area contributed by atoms with Gasteiger partial charge < -0.3 is 10.3 Å². The quantitative estimate of drug-likeness (QED) is 0.708. The number of rotatable bonds is 2. The topological polar surface area (TPSA) is 98.3 Å². The molecule has 0 spiro atoms. The Kier molecular flexibility index (Phi) is 2.26. The lowest BCUT2D eigenvalue weighted by Crippen LogP contribution is -2.04. The van der Waals surface area contributed by atoms with Crippen LogP contribution < -0.4 is 5.73 Å². The third kappa shape index (κ3) is 1.52. The number of pyridine rings is 1. The van der Waals surface area contributed by atoms with Crippen molar-refractivity contribution in [3.63, 3.8) is 0 Å². The zero-order valence-electron chi connectivity index (χ0n) is 10.1. The SMILES string of the molecule is CC(C)n1c(-c2nc(N)n[nH]2)nc2cnccc21. The molecule has 0 aliphatic rings. The van der Waals surface area contributed by atoms with Crippen LogP contribution in [0.4, 0.5) is 5.95 Å². The lowest BCUT2D eigenvalue weighted by Gasteiger charge is -2.11. The largest absolute Gasteiger partial charge is 0.366 e. The van der Waals surface area contributed by atoms with E-state index in [1.165, 1.54) is 0 Å². The molecule has 3 aromatic heterocycles. The molecule has 92 valence electrons. The first-order valence-corrected chi connectivity index (χ1v) is 5.67. The van der Waals surface area contributed by atoms with E-state index in [2.05, 4.69) is 43.6 Å². The average Bonchev–Trinajstić information content (AvgIpc) is 2.91. The molecule has 0 fully saturated rings. The van der Waals surface area contributed by atoms with Gasteiger partial charge in [0.2, 0.25) is 5.95 Å². The Morgan fingerprint density at radius 2 is 2.17 bits per heavy atom. The molecule has 7 nitrogen and oxygen atoms in total. The summed E-state index contributed by atoms with van der Waals surface area (Å²) in [7, 11) is 0. The van der Waals surface area contributed by atoms with Crippen LogP contribution in [0.2, 0.25) is 0 Å². The van der Waals surface area contributed by atoms with Gasteiger partial charge in [0.25, 0.3) is 0 Å². The third-order valence-electron chi connectivity index (χ3n) is 2.72. The molecule has 0 saturated heterocycles. The fourth-order valence-corrected chi connectivity index (χ4v) is 2.02. The molecule has 0 aromatic carbocycles. The van der Waals surface area contributed by atoms with Crippen molar-refractivity contribution in [3.05, 3.63) is 18.5 Å². The van der Waals surface area contributed by atoms with Crippen molar-refractivity contribution < 1.29 is 0 Å². The van der Waals surface area contributed by atoms with E-state index >= 15 is 0 Å². The van der Waals surface area contributed by atoms with Crippen molar-refractivity contribution in [3.8, 4) is 11.6 Å². The van der Waals surface area contributed by atoms with Crippen molar-refractivity contribution in [2.75, 3.05) is 5.73 Å². The van der Waals surface area contributed by atoms with Gasteiger partial charge in [-0.15, -0.1) is 5.10 Å². The van der Waals surface area contributed by atoms with E-state index in [1.807, 2.05) is 6.07 Å². The Morgan fingerprint density at radius 3 is 2.83 bits per heavy atom. The second kappa shape index (κ2) is 3.80. The van der Waals surface area contributed by atoms with Crippen LogP contribution in [0.3, 0.4) is 0 Å². The van der Waals surface area contributed by atoms with Crippen LogP contribution in [0.5, 0.6) is 0 Å². The van der Waals surface area contributed by atoms with Crippen LogP contribution in [-0.4, -0.2) is 29.7 Å². The van der Waals surface area contributed by atoms with Crippen LogP contribution in [0.25, 0.3) is 22.7 Å². The number of anilines is 1. The van der Waals surface area contributed by atoms with Gasteiger partial charge in [-0.1, -0.05) is 0 Å². The van der Waals surface area contributed by atoms with Gasteiger partial charge in [-0.25, -0.2) is 4.98 Å². The van der Waals surface area contributed by atoms with Crippen molar-refractivity contribution in [2.24, 2.45) is 0 Å². The molecule has 3 aromatic rings. The number of aromatic nitrogens is 6. The number of aromatic amines is 1. The second-order valence-electron chi connectivity index (χ2n) is 4.31. The normalized spacial score (nSPS) is 11.5. The molecule has 3 heterocycles. The van der Waals surface area contributed by atoms with Crippen LogP contribution in [0.15, 0.2) is 18.5 Å². The highest BCUT2D eigenvalue weighted by molar-refractivity contribution is 5.78. The van der Waals surface area contributed by atoms with Crippen molar-refractivity contribution in [2.45, 2.75) is 19.9 Å². The van der Waals surface area contributed by atoms with E-state index in [1.54, 1.807) is 12.4 Å². The Labute approximate surface area is 103 Å². The van der Waals surface area contributed by atoms with Crippen molar-refractivity contribution in [1.29, 1.82) is 0 Å². The highest BCUT2D eigenvalue weighted by Crippen LogP contribution is 2.25. The van der Waals surface area contributed by atoms with Crippen molar-refractivity contribution >= 4 is 17.0 Å². The Bertz CT molecular complexity index is 694. The van der Waals surface area contributed by atoms with Crippen LogP contribution in [-0.2, 0) is 0 Å². The molecular weight excluding hydrogens is 230 g/mol. The molecule has 0 amide bonds. The fourth-order valence-electron chi connectivity index (χ4n) is 2.02. The summed E-state index contributed by atoms with van der Waals surface area (Å²) in [4.78, 5) is 12.7. The molecule has 0 aliphatic carbocycles. The summed E-state index contributed by atoms with van der Waals surface area (Å²) in [6.45, 7) is 4.18. The number of hydrogen-bond donors (Lipinski definition) is 2. The molecule has 0 radical (unpaired) electrons. The summed E-state index contributed by atoms with van der Waals surface area (Å²) >= 11 is 0. The molecule has 3 N–H and O–H groups in total. The Balaban J connectivity index is 2.31. The van der Waals surface area contributed by atoms with E-state index < -0.39 is 0 Å². The van der Waals surface area contributed by atoms with Gasteiger partial charge >= 0.3 is 0 Å². The molecule has 3 rings (SSSR count). The Hall–Kier alpha value is -2.44. The highest BCUT2D eigenvalue weighted by Gasteiger charge is 2.17. The summed E-state index contributed by atoms with van der Waals surface area (Å²) in [6, 6.07) is 2.18. The van der Waals surface area contributed by atoms with E-state index in [4.69, 9.17) is 5.73 Å². The summed E-state index contributed by atoms with van der Waals surface area (Å²) in [5.41, 5.74) is 7.38. The number of nitrogens with one attached hydrogen (secondary N) is 1. The first-order valence-electron chi connectivity index (χ1n) is 5.67. The number of imidazole rings is 1. The number of fused-ring (bicyclic) bond motifs is 1. The molecule has 0 aliphatic heterocycles. The predicted molar refractivity (Wildman–Crippen MR) is 67.7 cm³/mol. The summed E-state index contributed by atoms with van der Waals surface area (Å²) in [5, 5.41) is 6.62. The second-order valence-corrected chi connectivity index (χ2v) is 4.31. The van der Waals surface area contributed by atoms with Crippen molar-refractivity contribution in [1.82, 2.24) is 29.7 Å². The number of nitrogen functional groups attached to an aromatic ring is 1. The average molecular weight is 243 g/mol. The zero-order valence-corrected chi connectivity index (χ0v) is 10.1. The van der Waals surface area contributed by atoms with Gasteiger partial charge in [-0.2, -0.15) is 4.98 Å². The minimum absolute atomic E-state index is 0.213. The fraction of sp³-hybridized carbons (Fsp3) is 0.273. The van der Waals surface area contributed by atoms with Gasteiger partial charge in [0.05, 0.1) is 11.7 Å². The summed E-state index contributed by atoms with van der Waals surface area (Å²) in [5.74, 6) is 1.50. The smallest absolute Gasteiger partial charge is 0.239 e. The van der Waals surface area contributed by atoms with Gasteiger partial charge in [0, 0.05) is 12.2 Å². The van der Waals surface area contributed by atoms with Crippen LogP contribution in [0, 0.1) is 0 Å². The lowest BCUT2D eigenvalue weighted by molar-refractivity contribution is 0.622. The highest BCUT2D eigenvalue weighted by atomic mass is 15.3. The number of H-pyrrole nitrogens is 1. The summed E-state index contributed by atoms with van der Waals surface area (Å²) in [6.07, 6.45) is 3.48. The van der Waals surface area contributed by atoms with Gasteiger partial charge in [0.1, 0.15) is 5.52 Å². The van der Waals surface area contributed by atoms with E-state index in [0.29, 0.717) is 5.82 Å². The van der Waals surface area contributed by atoms with Crippen LogP contribution in [0.1, 0.15) is 19.9 Å². The lowest BCUT2D eigenvalue weighted by atomic mass is 10.3. The van der Waals surface area contributed by atoms with E-state index in [-0.39, 0.29) is 12.0 Å². The summed E-state index contributed by atoms with van der Waals surface area (Å²) < 4.78 is 2.08. The minimum Gasteiger partial charge on any atom is -0.366 e. The standard InChI is InChI=1S/C11H13N7/c1-6(2)18-8-3-4-13-5-7(8)14-10(18)9-15-11(12)17-16-9/h3-6H,1-2H3,(H3,12,15,16,17). The maximum atomic E-state index is 5.53.